The first kappa shape index (κ1) is 48.3. The Morgan fingerprint density at radius 1 is 0.592 bits per heavy atom. The fraction of sp³-hybridized carbons (Fsp3) is 0.929. The van der Waals surface area contributed by atoms with Gasteiger partial charge in [-0.05, 0) is 31.8 Å². The molecule has 0 aromatic carbocycles. The fourth-order valence-electron chi connectivity index (χ4n) is 7.38. The van der Waals surface area contributed by atoms with E-state index in [1.54, 1.807) is 0 Å². The van der Waals surface area contributed by atoms with Crippen LogP contribution in [0.25, 0.3) is 0 Å². The molecule has 1 amide bonds. The van der Waals surface area contributed by atoms with Crippen LogP contribution in [-0.2, 0) is 4.79 Å². The maximum atomic E-state index is 12.8. The van der Waals surface area contributed by atoms with Gasteiger partial charge in [0.2, 0.25) is 5.91 Å². The second-order valence-electron chi connectivity index (χ2n) is 15.7. The molecule has 0 radical (unpaired) electrons. The number of likely N-dealkylation sites (N-methyl/N-ethyl adjacent to an activating group) is 1. The Morgan fingerprint density at radius 2 is 0.918 bits per heavy atom. The number of halogens is 1. The van der Waals surface area contributed by atoms with Crippen molar-refractivity contribution in [2.75, 3.05) is 33.2 Å². The number of carbonyl (C=O) groups is 1. The van der Waals surface area contributed by atoms with Gasteiger partial charge in [0, 0.05) is 12.0 Å². The zero-order valence-corrected chi connectivity index (χ0v) is 33.5. The molecule has 0 unspecified atom stereocenters. The summed E-state index contributed by atoms with van der Waals surface area (Å²) in [5.74, 6) is -0.237. The largest absolute Gasteiger partial charge is 1.00 e. The quantitative estimate of drug-likeness (QED) is 0.0430. The Kier molecular flexibility index (Phi) is 32.7. The van der Waals surface area contributed by atoms with Crippen LogP contribution in [0.5, 0.6) is 0 Å². The standard InChI is InChI=1S/C42H82N2O4.ClH/c1-4-6-8-10-12-14-16-18-20-22-24-26-28-30-33-44(3,35-32-43-42(48)38-36-39(45)41(47)40(46)37-38)34-31-29-27-25-23-21-19-17-15-13-11-9-7-5-2;/h36,39-41,45-47H,4-35,37H2,1-3H3;1H/t39-,40-,41-;/m1./s1. The number of hydrogen-bond donors (Lipinski definition) is 4. The molecule has 3 atom stereocenters. The summed E-state index contributed by atoms with van der Waals surface area (Å²) in [6.45, 7) is 8.35. The highest BCUT2D eigenvalue weighted by molar-refractivity contribution is 5.93. The Balaban J connectivity index is 0.0000230. The molecule has 0 saturated heterocycles. The van der Waals surface area contributed by atoms with E-state index in [1.807, 2.05) is 0 Å². The molecule has 49 heavy (non-hydrogen) atoms. The summed E-state index contributed by atoms with van der Waals surface area (Å²) in [7, 11) is 2.36. The van der Waals surface area contributed by atoms with Crippen molar-refractivity contribution in [2.45, 2.75) is 218 Å². The van der Waals surface area contributed by atoms with Gasteiger partial charge in [-0.1, -0.05) is 168 Å². The number of carbonyl (C=O) groups excluding carboxylic acids is 1. The first-order valence-electron chi connectivity index (χ1n) is 21.2. The van der Waals surface area contributed by atoms with Crippen LogP contribution < -0.4 is 17.7 Å². The smallest absolute Gasteiger partial charge is 0.247 e. The molecule has 0 heterocycles. The summed E-state index contributed by atoms with van der Waals surface area (Å²) in [6.07, 6.45) is 36.4. The van der Waals surface area contributed by atoms with E-state index in [-0.39, 0.29) is 24.7 Å². The van der Waals surface area contributed by atoms with E-state index in [9.17, 15) is 20.1 Å². The van der Waals surface area contributed by atoms with Gasteiger partial charge in [-0.15, -0.1) is 0 Å². The summed E-state index contributed by atoms with van der Waals surface area (Å²) in [5.41, 5.74) is 0.369. The van der Waals surface area contributed by atoms with Gasteiger partial charge < -0.3 is 37.5 Å². The molecule has 6 nitrogen and oxygen atoms in total. The van der Waals surface area contributed by atoms with Crippen LogP contribution in [0.2, 0.25) is 0 Å². The van der Waals surface area contributed by atoms with Gasteiger partial charge >= 0.3 is 0 Å². The molecule has 4 N–H and O–H groups in total. The van der Waals surface area contributed by atoms with Crippen molar-refractivity contribution in [3.8, 4) is 0 Å². The monoisotopic (exact) mass is 715 g/mol. The van der Waals surface area contributed by atoms with E-state index in [2.05, 4.69) is 26.2 Å². The van der Waals surface area contributed by atoms with Crippen molar-refractivity contribution in [3.05, 3.63) is 11.6 Å². The van der Waals surface area contributed by atoms with E-state index < -0.39 is 18.3 Å². The normalized spacial score (nSPS) is 17.9. The van der Waals surface area contributed by atoms with Gasteiger partial charge in [0.15, 0.2) is 0 Å². The van der Waals surface area contributed by atoms with Crippen LogP contribution in [0.4, 0.5) is 0 Å². The first-order chi connectivity index (χ1) is 23.3. The van der Waals surface area contributed by atoms with Crippen LogP contribution in [0.3, 0.4) is 0 Å². The second kappa shape index (κ2) is 33.2. The average Bonchev–Trinajstić information content (AvgIpc) is 3.07. The minimum atomic E-state index is -1.23. The molecular weight excluding hydrogens is 632 g/mol. The predicted molar refractivity (Wildman–Crippen MR) is 205 cm³/mol. The molecule has 1 aliphatic rings. The zero-order valence-electron chi connectivity index (χ0n) is 32.7. The van der Waals surface area contributed by atoms with Crippen molar-refractivity contribution in [1.82, 2.24) is 5.32 Å². The summed E-state index contributed by atoms with van der Waals surface area (Å²) in [6, 6.07) is 0. The molecule has 0 aromatic rings. The molecule has 0 aromatic heterocycles. The lowest BCUT2D eigenvalue weighted by Gasteiger charge is -2.35. The lowest BCUT2D eigenvalue weighted by molar-refractivity contribution is -0.908. The number of aliphatic hydroxyl groups is 3. The van der Waals surface area contributed by atoms with Gasteiger partial charge in [-0.2, -0.15) is 0 Å². The highest BCUT2D eigenvalue weighted by Crippen LogP contribution is 2.20. The third kappa shape index (κ3) is 26.7. The average molecular weight is 716 g/mol. The van der Waals surface area contributed by atoms with Crippen molar-refractivity contribution in [2.24, 2.45) is 0 Å². The molecule has 1 aliphatic carbocycles. The van der Waals surface area contributed by atoms with E-state index in [4.69, 9.17) is 0 Å². The SMILES string of the molecule is CCCCCCCCCCCCCCCC[N+](C)(CCCCCCCCCCCCCCCC)CCNC(=O)C1=C[C@@H](O)[C@@H](O)[C@H](O)C1.[Cl-]. The number of rotatable bonds is 34. The summed E-state index contributed by atoms with van der Waals surface area (Å²) < 4.78 is 0.986. The van der Waals surface area contributed by atoms with Gasteiger partial charge in [0.1, 0.15) is 12.2 Å². The highest BCUT2D eigenvalue weighted by Gasteiger charge is 2.31. The summed E-state index contributed by atoms with van der Waals surface area (Å²) in [4.78, 5) is 12.8. The maximum absolute atomic E-state index is 12.8. The topological polar surface area (TPSA) is 89.8 Å². The third-order valence-electron chi connectivity index (χ3n) is 10.9. The number of nitrogens with one attached hydrogen (secondary N) is 1. The first-order valence-corrected chi connectivity index (χ1v) is 21.2. The summed E-state index contributed by atoms with van der Waals surface area (Å²) in [5, 5.41) is 32.8. The number of aliphatic hydroxyl groups excluding tert-OH is 3. The van der Waals surface area contributed by atoms with Crippen LogP contribution in [0.15, 0.2) is 11.6 Å². The third-order valence-corrected chi connectivity index (χ3v) is 10.9. The van der Waals surface area contributed by atoms with Crippen LogP contribution in [0.1, 0.15) is 200 Å². The van der Waals surface area contributed by atoms with Crippen LogP contribution in [0, 0.1) is 0 Å². The van der Waals surface area contributed by atoms with E-state index in [1.165, 1.54) is 186 Å². The molecule has 0 aliphatic heterocycles. The number of quaternary nitrogens is 1. The lowest BCUT2D eigenvalue weighted by atomic mass is 9.92. The lowest BCUT2D eigenvalue weighted by Crippen LogP contribution is -3.00. The summed E-state index contributed by atoms with van der Waals surface area (Å²) >= 11 is 0. The number of nitrogens with zero attached hydrogens (tertiary/aromatic N) is 1. The van der Waals surface area contributed by atoms with Gasteiger partial charge in [-0.3, -0.25) is 4.79 Å². The molecule has 1 rings (SSSR count). The molecule has 292 valence electrons. The molecular formula is C42H83ClN2O4. The Hall–Kier alpha value is -0.660. The Labute approximate surface area is 310 Å². The Morgan fingerprint density at radius 3 is 1.24 bits per heavy atom. The van der Waals surface area contributed by atoms with Gasteiger partial charge in [-0.25, -0.2) is 0 Å². The molecule has 0 bridgehead atoms. The molecule has 0 fully saturated rings. The highest BCUT2D eigenvalue weighted by atomic mass is 35.5. The minimum absolute atomic E-state index is 0. The number of hydrogen-bond acceptors (Lipinski definition) is 4. The molecule has 7 heteroatoms. The van der Waals surface area contributed by atoms with Crippen molar-refractivity contribution < 1.29 is 37.0 Å². The van der Waals surface area contributed by atoms with Crippen LogP contribution in [-0.4, -0.2) is 77.2 Å². The fourth-order valence-corrected chi connectivity index (χ4v) is 7.38. The maximum Gasteiger partial charge on any atom is 0.247 e. The molecule has 0 spiro atoms. The van der Waals surface area contributed by atoms with Crippen molar-refractivity contribution in [3.63, 3.8) is 0 Å². The minimum Gasteiger partial charge on any atom is -1.00 e. The van der Waals surface area contributed by atoms with E-state index in [0.29, 0.717) is 12.1 Å². The Bertz CT molecular complexity index is 748. The second-order valence-corrected chi connectivity index (χ2v) is 15.7. The predicted octanol–water partition coefficient (Wildman–Crippen LogP) is 6.93. The zero-order chi connectivity index (χ0) is 35.1. The number of amides is 1. The van der Waals surface area contributed by atoms with Crippen molar-refractivity contribution >= 4 is 5.91 Å². The van der Waals surface area contributed by atoms with E-state index in [0.717, 1.165) is 24.1 Å². The van der Waals surface area contributed by atoms with E-state index >= 15 is 0 Å². The van der Waals surface area contributed by atoms with Crippen LogP contribution >= 0.6 is 0 Å². The van der Waals surface area contributed by atoms with Crippen molar-refractivity contribution in [1.29, 1.82) is 0 Å². The van der Waals surface area contributed by atoms with Gasteiger partial charge in [0.05, 0.1) is 39.3 Å². The number of unbranched alkanes of at least 4 members (excludes halogenated alkanes) is 26. The molecule has 0 saturated carbocycles. The van der Waals surface area contributed by atoms with Gasteiger partial charge in [0.25, 0.3) is 0 Å².